The molecule has 2 saturated heterocycles. The normalized spacial score (nSPS) is 47.4. The Bertz CT molecular complexity index is 1750. The third-order valence-corrected chi connectivity index (χ3v) is 22.1. The summed E-state index contributed by atoms with van der Waals surface area (Å²) in [5.41, 5.74) is -0.302. The van der Waals surface area contributed by atoms with Crippen LogP contribution >= 0.6 is 0 Å². The number of nitrogens with zero attached hydrogens (tertiary/aromatic N) is 2. The number of carboxylic acid groups (broad SMARTS) is 1. The van der Waals surface area contributed by atoms with Gasteiger partial charge in [0.15, 0.2) is 0 Å². The molecule has 9 rings (SSSR count). The van der Waals surface area contributed by atoms with Gasteiger partial charge in [0.2, 0.25) is 5.91 Å². The Morgan fingerprint density at radius 1 is 0.726 bits per heavy atom. The minimum absolute atomic E-state index is 0.0446. The van der Waals surface area contributed by atoms with E-state index in [0.29, 0.717) is 80.1 Å². The number of amides is 1. The highest BCUT2D eigenvalue weighted by atomic mass is 19.1. The number of carbonyl (C=O) groups excluding carboxylic acids is 2. The Hall–Kier alpha value is -1.78. The van der Waals surface area contributed by atoms with Crippen molar-refractivity contribution < 1.29 is 38.1 Å². The molecule has 2 aliphatic heterocycles. The lowest BCUT2D eigenvalue weighted by molar-refractivity contribution is -0.253. The number of hydrogen-bond acceptors (Lipinski definition) is 7. The van der Waals surface area contributed by atoms with Gasteiger partial charge in [-0.25, -0.2) is 4.39 Å². The number of halogens is 1. The average molecular weight is 867 g/mol. The predicted octanol–water partition coefficient (Wildman–Crippen LogP) is 9.59. The third kappa shape index (κ3) is 6.74. The number of rotatable bonds is 12. The van der Waals surface area contributed by atoms with Crippen LogP contribution in [0.25, 0.3) is 0 Å². The lowest BCUT2D eigenvalue weighted by Gasteiger charge is -2.73. The number of alkyl halides is 1. The van der Waals surface area contributed by atoms with Crippen LogP contribution in [0.1, 0.15) is 158 Å². The summed E-state index contributed by atoms with van der Waals surface area (Å²) in [5.74, 6) is 1.11. The van der Waals surface area contributed by atoms with Gasteiger partial charge < -0.3 is 24.2 Å². The van der Waals surface area contributed by atoms with Gasteiger partial charge in [-0.15, -0.1) is 0 Å². The maximum atomic E-state index is 15.7. The van der Waals surface area contributed by atoms with Crippen molar-refractivity contribution in [1.29, 1.82) is 0 Å². The van der Waals surface area contributed by atoms with E-state index in [9.17, 15) is 19.1 Å². The van der Waals surface area contributed by atoms with Gasteiger partial charge in [-0.1, -0.05) is 55.4 Å². The first-order valence-electron chi connectivity index (χ1n) is 25.4. The zero-order chi connectivity index (χ0) is 44.4. The minimum atomic E-state index is -0.849. The maximum Gasteiger partial charge on any atom is 0.309 e. The molecule has 9 aliphatic rings. The van der Waals surface area contributed by atoms with E-state index in [-0.39, 0.29) is 57.1 Å². The Morgan fingerprint density at radius 3 is 2.18 bits per heavy atom. The van der Waals surface area contributed by atoms with Crippen LogP contribution in [0.3, 0.4) is 0 Å². The van der Waals surface area contributed by atoms with Crippen LogP contribution in [-0.2, 0) is 28.6 Å². The number of esters is 1. The van der Waals surface area contributed by atoms with Gasteiger partial charge in [-0.2, -0.15) is 0 Å². The number of carboxylic acids is 1. The maximum absolute atomic E-state index is 15.7. The van der Waals surface area contributed by atoms with E-state index in [1.807, 2.05) is 13.8 Å². The molecule has 0 aromatic carbocycles. The van der Waals surface area contributed by atoms with Gasteiger partial charge in [0, 0.05) is 44.2 Å². The molecule has 15 atom stereocenters. The van der Waals surface area contributed by atoms with E-state index in [2.05, 4.69) is 51.3 Å². The fourth-order valence-corrected chi connectivity index (χ4v) is 18.0. The van der Waals surface area contributed by atoms with Gasteiger partial charge in [-0.3, -0.25) is 19.3 Å². The first-order valence-corrected chi connectivity index (χ1v) is 25.4. The number of fused-ring (bicyclic) bond motifs is 7. The molecule has 2 unspecified atom stereocenters. The molecular weight excluding hydrogens is 784 g/mol. The Morgan fingerprint density at radius 2 is 1.48 bits per heavy atom. The lowest BCUT2D eigenvalue weighted by Crippen LogP contribution is -2.68. The van der Waals surface area contributed by atoms with Crippen LogP contribution < -0.4 is 0 Å². The van der Waals surface area contributed by atoms with Crippen molar-refractivity contribution in [3.05, 3.63) is 0 Å². The molecule has 350 valence electrons. The Kier molecular flexibility index (Phi) is 11.5. The second-order valence-corrected chi connectivity index (χ2v) is 25.2. The fraction of sp³-hybridized carbons (Fsp3) is 0.942. The van der Waals surface area contributed by atoms with Gasteiger partial charge in [0.05, 0.1) is 37.1 Å². The van der Waals surface area contributed by atoms with E-state index in [1.54, 1.807) is 7.11 Å². The van der Waals surface area contributed by atoms with E-state index in [0.717, 1.165) is 64.5 Å². The topological polar surface area (TPSA) is 106 Å². The number of ether oxygens (including phenoxy) is 3. The summed E-state index contributed by atoms with van der Waals surface area (Å²) in [5, 5.41) is 9.73. The molecule has 0 radical (unpaired) electrons. The summed E-state index contributed by atoms with van der Waals surface area (Å²) in [6, 6.07) is 0.180. The van der Waals surface area contributed by atoms with Crippen molar-refractivity contribution in [3.8, 4) is 0 Å². The molecule has 9 nitrogen and oxygen atoms in total. The highest BCUT2D eigenvalue weighted by molar-refractivity contribution is 5.84. The van der Waals surface area contributed by atoms with E-state index >= 15 is 4.79 Å². The van der Waals surface area contributed by atoms with Crippen molar-refractivity contribution in [3.63, 3.8) is 0 Å². The molecule has 1 N–H and O–H groups in total. The van der Waals surface area contributed by atoms with Crippen LogP contribution in [-0.4, -0.2) is 104 Å². The second kappa shape index (κ2) is 15.7. The van der Waals surface area contributed by atoms with Gasteiger partial charge in [0.25, 0.3) is 0 Å². The van der Waals surface area contributed by atoms with Crippen molar-refractivity contribution in [1.82, 2.24) is 9.80 Å². The van der Waals surface area contributed by atoms with Crippen molar-refractivity contribution >= 4 is 17.8 Å². The van der Waals surface area contributed by atoms with Crippen LogP contribution in [0.2, 0.25) is 0 Å². The monoisotopic (exact) mass is 867 g/mol. The van der Waals surface area contributed by atoms with Crippen LogP contribution in [0.5, 0.6) is 0 Å². The SMILES string of the molecule is COCCOC[C@@H]1CC(F)CN1C[C@@H]1CCCN1C(=O)[C@]12CC[C@@H](C3(C)CC3)[C@@H]1C1CC[C@@H]3[C@@]4(C)CC[C@H](OC(=O)[C@H]5C[C@@H](C(=O)O)C5(C)C)C(C)(C)[C@@H]4CC[C@@]3(C)[C@]1(C)CC2. The van der Waals surface area contributed by atoms with Crippen LogP contribution in [0.15, 0.2) is 0 Å². The lowest BCUT2D eigenvalue weighted by atomic mass is 9.32. The van der Waals surface area contributed by atoms with Crippen LogP contribution in [0.4, 0.5) is 4.39 Å². The Balaban J connectivity index is 0.941. The average Bonchev–Trinajstić information content (AvgIpc) is 3.49. The molecule has 0 bridgehead atoms. The van der Waals surface area contributed by atoms with Gasteiger partial charge in [-0.05, 0) is 159 Å². The largest absolute Gasteiger partial charge is 0.481 e. The molecule has 0 aromatic heterocycles. The highest BCUT2D eigenvalue weighted by Crippen LogP contribution is 2.79. The summed E-state index contributed by atoms with van der Waals surface area (Å²) < 4.78 is 32.6. The molecule has 1 amide bonds. The Labute approximate surface area is 373 Å². The minimum Gasteiger partial charge on any atom is -0.481 e. The zero-order valence-electron chi connectivity index (χ0n) is 40.1. The number of aliphatic carboxylic acids is 1. The third-order valence-electron chi connectivity index (χ3n) is 22.1. The molecule has 10 heteroatoms. The number of carbonyl (C=O) groups is 3. The first-order chi connectivity index (χ1) is 29.2. The van der Waals surface area contributed by atoms with E-state index in [4.69, 9.17) is 14.2 Å². The first kappa shape index (κ1) is 45.4. The summed E-state index contributed by atoms with van der Waals surface area (Å²) in [6.45, 7) is 22.6. The molecule has 7 saturated carbocycles. The van der Waals surface area contributed by atoms with Crippen molar-refractivity contribution in [2.24, 2.45) is 79.3 Å². The molecule has 0 aromatic rings. The summed E-state index contributed by atoms with van der Waals surface area (Å²) in [4.78, 5) is 45.9. The quantitative estimate of drug-likeness (QED) is 0.153. The number of likely N-dealkylation sites (tertiary alicyclic amines) is 2. The zero-order valence-corrected chi connectivity index (χ0v) is 40.1. The van der Waals surface area contributed by atoms with Gasteiger partial charge >= 0.3 is 11.9 Å². The molecule has 62 heavy (non-hydrogen) atoms. The summed E-state index contributed by atoms with van der Waals surface area (Å²) in [6.07, 6.45) is 15.4. The van der Waals surface area contributed by atoms with Crippen LogP contribution in [0, 0.1) is 79.3 Å². The van der Waals surface area contributed by atoms with Crippen molar-refractivity contribution in [2.45, 2.75) is 182 Å². The van der Waals surface area contributed by atoms with Crippen molar-refractivity contribution in [2.75, 3.05) is 46.6 Å². The van der Waals surface area contributed by atoms with E-state index in [1.165, 1.54) is 38.5 Å². The standard InChI is InChI=1S/C52H83FN2O7/c1-46(2)37(43(56)57)28-38(46)44(58)62-41-16-17-49(6)39(47(41,3)4)15-18-51(8)40(49)13-12-36-42-35(48(5)20-21-48)14-19-52(42,23-22-50(36,51)7)45(59)55-24-10-11-33(55)30-54-29-32(53)27-34(54)31-61-26-25-60-9/h32-42H,10-31H2,1-9H3,(H,56,57)/t32?,33-,34-,35+,36?,37-,38+,39-,40+,41-,42+,49-,50+,51+,52-/m0/s1. The highest BCUT2D eigenvalue weighted by Gasteiger charge is 2.74. The smallest absolute Gasteiger partial charge is 0.309 e. The second-order valence-electron chi connectivity index (χ2n) is 25.2. The summed E-state index contributed by atoms with van der Waals surface area (Å²) in [7, 11) is 1.67. The molecule has 2 heterocycles. The predicted molar refractivity (Wildman–Crippen MR) is 237 cm³/mol. The number of hydrogen-bond donors (Lipinski definition) is 1. The summed E-state index contributed by atoms with van der Waals surface area (Å²) >= 11 is 0. The molecule has 0 spiro atoms. The number of methoxy groups -OCH3 is 1. The van der Waals surface area contributed by atoms with Gasteiger partial charge in [0.1, 0.15) is 12.3 Å². The molecular formula is C52H83FN2O7. The molecule has 9 fully saturated rings. The van der Waals surface area contributed by atoms with E-state index < -0.39 is 23.5 Å². The fourth-order valence-electron chi connectivity index (χ4n) is 18.0. The molecule has 7 aliphatic carbocycles.